The number of ether oxygens (including phenoxy) is 1. The van der Waals surface area contributed by atoms with Crippen LogP contribution in [0.25, 0.3) is 11.0 Å². The number of aromatic nitrogens is 4. The number of rotatable bonds is 7. The van der Waals surface area contributed by atoms with Crippen LogP contribution >= 0.6 is 0 Å². The minimum atomic E-state index is -0.0426. The first-order chi connectivity index (χ1) is 16.7. The lowest BCUT2D eigenvalue weighted by atomic mass is 9.92. The molecule has 2 heterocycles. The van der Waals surface area contributed by atoms with Gasteiger partial charge in [-0.15, -0.1) is 0 Å². The number of nitrogens with one attached hydrogen (secondary N) is 2. The molecule has 0 aliphatic heterocycles. The third kappa shape index (κ3) is 5.07. The molecule has 0 bridgehead atoms. The van der Waals surface area contributed by atoms with Gasteiger partial charge in [0.1, 0.15) is 5.75 Å². The average Bonchev–Trinajstić information content (AvgIpc) is 3.25. The Morgan fingerprint density at radius 1 is 1.17 bits per heavy atom. The van der Waals surface area contributed by atoms with Gasteiger partial charge < -0.3 is 30.6 Å². The maximum atomic E-state index is 10.4. The van der Waals surface area contributed by atoms with Crippen LogP contribution in [0.5, 0.6) is 17.2 Å². The number of phenolic OH excluding ortho intramolecular Hbond substituents is 2. The molecule has 1 saturated carbocycles. The van der Waals surface area contributed by atoms with E-state index in [1.54, 1.807) is 0 Å². The van der Waals surface area contributed by atoms with E-state index in [0.717, 1.165) is 36.9 Å². The van der Waals surface area contributed by atoms with E-state index in [2.05, 4.69) is 47.8 Å². The van der Waals surface area contributed by atoms with Crippen LogP contribution < -0.4 is 21.4 Å². The van der Waals surface area contributed by atoms with E-state index >= 15 is 0 Å². The van der Waals surface area contributed by atoms with Gasteiger partial charge in [0, 0.05) is 30.3 Å². The average molecular weight is 484 g/mol. The molecule has 0 spiro atoms. The normalized spacial score (nSPS) is 19.1. The van der Waals surface area contributed by atoms with Crippen molar-refractivity contribution in [2.75, 3.05) is 12.4 Å². The van der Waals surface area contributed by atoms with Gasteiger partial charge in [-0.05, 0) is 51.5 Å². The van der Waals surface area contributed by atoms with Gasteiger partial charge >= 0.3 is 0 Å². The van der Waals surface area contributed by atoms with E-state index < -0.39 is 0 Å². The zero-order valence-corrected chi connectivity index (χ0v) is 21.2. The smallest absolute Gasteiger partial charge is 0.227 e. The summed E-state index contributed by atoms with van der Waals surface area (Å²) in [5, 5.41) is 31.7. The Hall–Kier alpha value is -3.27. The van der Waals surface area contributed by atoms with Crippen molar-refractivity contribution in [2.45, 2.75) is 84.0 Å². The predicted molar refractivity (Wildman–Crippen MR) is 136 cm³/mol. The van der Waals surface area contributed by atoms with Crippen LogP contribution in [0.3, 0.4) is 0 Å². The fourth-order valence-corrected chi connectivity index (χ4v) is 4.65. The second-order valence-electron chi connectivity index (χ2n) is 9.92. The highest BCUT2D eigenvalue weighted by Crippen LogP contribution is 2.34. The number of methoxy groups -OCH3 is 1. The van der Waals surface area contributed by atoms with Gasteiger partial charge in [0.05, 0.1) is 24.4 Å². The largest absolute Gasteiger partial charge is 0.507 e. The number of anilines is 1. The van der Waals surface area contributed by atoms with Crippen molar-refractivity contribution in [3.8, 4) is 17.2 Å². The third-order valence-electron chi connectivity index (χ3n) is 6.62. The summed E-state index contributed by atoms with van der Waals surface area (Å²) in [6.45, 7) is 8.74. The summed E-state index contributed by atoms with van der Waals surface area (Å²) in [6, 6.07) is 3.43. The Bertz CT molecular complexity index is 1250. The van der Waals surface area contributed by atoms with Gasteiger partial charge in [0.25, 0.3) is 0 Å². The molecule has 1 aliphatic rings. The number of benzene rings is 1. The third-order valence-corrected chi connectivity index (χ3v) is 6.62. The summed E-state index contributed by atoms with van der Waals surface area (Å²) < 4.78 is 7.23. The number of phenols is 2. The van der Waals surface area contributed by atoms with Crippen LogP contribution in [-0.4, -0.2) is 49.2 Å². The summed E-state index contributed by atoms with van der Waals surface area (Å²) in [6.07, 6.45) is 3.82. The molecule has 1 fully saturated rings. The van der Waals surface area contributed by atoms with Gasteiger partial charge in [-0.1, -0.05) is 13.8 Å². The molecular formula is C25H37N7O3. The van der Waals surface area contributed by atoms with Crippen molar-refractivity contribution in [3.63, 3.8) is 0 Å². The second-order valence-corrected chi connectivity index (χ2v) is 9.92. The van der Waals surface area contributed by atoms with E-state index in [0.29, 0.717) is 22.5 Å². The zero-order valence-electron chi connectivity index (χ0n) is 21.2. The topological polar surface area (TPSA) is 147 Å². The van der Waals surface area contributed by atoms with Crippen molar-refractivity contribution in [1.82, 2.24) is 19.7 Å². The van der Waals surface area contributed by atoms with Gasteiger partial charge in [-0.3, -0.25) is 5.10 Å². The Morgan fingerprint density at radius 2 is 1.89 bits per heavy atom. The van der Waals surface area contributed by atoms with Crippen molar-refractivity contribution in [1.29, 1.82) is 0 Å². The standard InChI is InChI=1S/C25H37N7O3/c1-13(2)21-23-22(31-30-21)24(27-12-15-10-19(34)20(35-5)11-18(15)33)29-25(32(23)14(3)4)28-17-8-6-16(26)7-9-17/h10-11,13-14,16-17,33-34H,6-9,12,26H2,1-5H3,(H,30,31)(H,27,28,29). The Balaban J connectivity index is 1.81. The summed E-state index contributed by atoms with van der Waals surface area (Å²) in [5.41, 5.74) is 9.98. The molecule has 10 nitrogen and oxygen atoms in total. The molecular weight excluding hydrogens is 446 g/mol. The SMILES string of the molecule is COc1cc(O)c(CNc2nc(=NC3CCC(N)CC3)n(C(C)C)c3c(C(C)C)[nH]nc23)cc1O. The molecule has 0 radical (unpaired) electrons. The van der Waals surface area contributed by atoms with Gasteiger partial charge in [-0.2, -0.15) is 10.1 Å². The maximum absolute atomic E-state index is 10.4. The maximum Gasteiger partial charge on any atom is 0.227 e. The van der Waals surface area contributed by atoms with E-state index in [4.69, 9.17) is 20.4 Å². The molecule has 0 saturated heterocycles. The fourth-order valence-electron chi connectivity index (χ4n) is 4.65. The van der Waals surface area contributed by atoms with Gasteiger partial charge in [-0.25, -0.2) is 4.99 Å². The number of nitrogens with zero attached hydrogens (tertiary/aromatic N) is 4. The Morgan fingerprint density at radius 3 is 2.51 bits per heavy atom. The number of fused-ring (bicyclic) bond motifs is 1. The molecule has 2 aromatic heterocycles. The monoisotopic (exact) mass is 483 g/mol. The molecule has 4 rings (SSSR count). The van der Waals surface area contributed by atoms with Crippen molar-refractivity contribution < 1.29 is 14.9 Å². The molecule has 0 amide bonds. The molecule has 3 aromatic rings. The number of H-pyrrole nitrogens is 1. The number of aromatic amines is 1. The summed E-state index contributed by atoms with van der Waals surface area (Å²) in [4.78, 5) is 9.99. The quantitative estimate of drug-likeness (QED) is 0.322. The Labute approximate surface area is 205 Å². The zero-order chi connectivity index (χ0) is 25.3. The summed E-state index contributed by atoms with van der Waals surface area (Å²) in [7, 11) is 1.44. The highest BCUT2D eigenvalue weighted by Gasteiger charge is 2.22. The molecule has 0 atom stereocenters. The first kappa shape index (κ1) is 24.8. The minimum Gasteiger partial charge on any atom is -0.507 e. The highest BCUT2D eigenvalue weighted by atomic mass is 16.5. The Kier molecular flexibility index (Phi) is 7.20. The minimum absolute atomic E-state index is 0.0184. The van der Waals surface area contributed by atoms with E-state index in [-0.39, 0.29) is 47.8 Å². The molecule has 0 unspecified atom stereocenters. The van der Waals surface area contributed by atoms with E-state index in [9.17, 15) is 10.2 Å². The van der Waals surface area contributed by atoms with E-state index in [1.807, 2.05) is 0 Å². The van der Waals surface area contributed by atoms with Crippen LogP contribution in [0.4, 0.5) is 5.82 Å². The number of nitrogens with two attached hydrogens (primary N) is 1. The van der Waals surface area contributed by atoms with Crippen molar-refractivity contribution in [3.05, 3.63) is 29.0 Å². The van der Waals surface area contributed by atoms with Crippen LogP contribution in [0, 0.1) is 0 Å². The predicted octanol–water partition coefficient (Wildman–Crippen LogP) is 3.67. The van der Waals surface area contributed by atoms with Crippen molar-refractivity contribution >= 4 is 16.9 Å². The number of hydrogen-bond acceptors (Lipinski definition) is 8. The summed E-state index contributed by atoms with van der Waals surface area (Å²) in [5.74, 6) is 0.986. The molecule has 6 N–H and O–H groups in total. The highest BCUT2D eigenvalue weighted by molar-refractivity contribution is 5.87. The van der Waals surface area contributed by atoms with Crippen LogP contribution in [0.2, 0.25) is 0 Å². The molecule has 1 aliphatic carbocycles. The number of aromatic hydroxyl groups is 2. The lowest BCUT2D eigenvalue weighted by molar-refractivity contribution is 0.367. The fraction of sp³-hybridized carbons (Fsp3) is 0.560. The molecule has 1 aromatic carbocycles. The van der Waals surface area contributed by atoms with Crippen LogP contribution in [0.15, 0.2) is 17.1 Å². The summed E-state index contributed by atoms with van der Waals surface area (Å²) >= 11 is 0. The number of hydrogen-bond donors (Lipinski definition) is 5. The molecule has 190 valence electrons. The first-order valence-electron chi connectivity index (χ1n) is 12.3. The van der Waals surface area contributed by atoms with Crippen molar-refractivity contribution in [2.24, 2.45) is 10.7 Å². The van der Waals surface area contributed by atoms with E-state index in [1.165, 1.54) is 19.2 Å². The molecule has 10 heteroatoms. The van der Waals surface area contributed by atoms with Gasteiger partial charge in [0.15, 0.2) is 22.8 Å². The first-order valence-corrected chi connectivity index (χ1v) is 12.3. The van der Waals surface area contributed by atoms with Crippen LogP contribution in [0.1, 0.15) is 76.6 Å². The lowest BCUT2D eigenvalue weighted by Crippen LogP contribution is -2.33. The lowest BCUT2D eigenvalue weighted by Gasteiger charge is -2.24. The van der Waals surface area contributed by atoms with Crippen LogP contribution in [-0.2, 0) is 6.54 Å². The second kappa shape index (κ2) is 10.2. The van der Waals surface area contributed by atoms with Gasteiger partial charge in [0.2, 0.25) is 5.62 Å². The molecule has 35 heavy (non-hydrogen) atoms.